The van der Waals surface area contributed by atoms with Crippen molar-refractivity contribution in [1.82, 2.24) is 15.0 Å². The maximum Gasteiger partial charge on any atom is 0.222 e. The first-order chi connectivity index (χ1) is 16.4. The zero-order valence-corrected chi connectivity index (χ0v) is 21.2. The van der Waals surface area contributed by atoms with Crippen molar-refractivity contribution in [2.24, 2.45) is 0 Å². The van der Waals surface area contributed by atoms with Gasteiger partial charge in [0.2, 0.25) is 5.28 Å². The Balaban J connectivity index is 1.84. The van der Waals surface area contributed by atoms with Crippen LogP contribution in [0.15, 0.2) is 53.6 Å². The van der Waals surface area contributed by atoms with Crippen molar-refractivity contribution < 1.29 is 21.6 Å². The molecule has 0 saturated heterocycles. The molecule has 0 unspecified atom stereocenters. The molecule has 182 valence electrons. The van der Waals surface area contributed by atoms with Gasteiger partial charge < -0.3 is 0 Å². The SMILES string of the molecule is CC(C)(C)c1nc(-c2cc(CS(=O)(=O)c3c(F)cccc3F)ccc2F)c(-c2ccnc(Cl)n2)s1. The Morgan fingerprint density at radius 1 is 0.971 bits per heavy atom. The largest absolute Gasteiger partial charge is 0.240 e. The Morgan fingerprint density at radius 2 is 1.66 bits per heavy atom. The second kappa shape index (κ2) is 9.33. The normalized spacial score (nSPS) is 12.2. The van der Waals surface area contributed by atoms with E-state index in [0.717, 1.165) is 24.3 Å². The summed E-state index contributed by atoms with van der Waals surface area (Å²) in [6.07, 6.45) is 1.47. The summed E-state index contributed by atoms with van der Waals surface area (Å²) in [4.78, 5) is 12.2. The number of benzene rings is 2. The van der Waals surface area contributed by atoms with Crippen molar-refractivity contribution in [2.75, 3.05) is 0 Å². The molecular formula is C24H19ClF3N3O2S2. The monoisotopic (exact) mass is 537 g/mol. The summed E-state index contributed by atoms with van der Waals surface area (Å²) >= 11 is 7.27. The van der Waals surface area contributed by atoms with Crippen molar-refractivity contribution in [3.8, 4) is 21.8 Å². The molecule has 0 bridgehead atoms. The van der Waals surface area contributed by atoms with E-state index in [0.29, 0.717) is 15.6 Å². The van der Waals surface area contributed by atoms with Gasteiger partial charge in [0.1, 0.15) is 22.3 Å². The van der Waals surface area contributed by atoms with E-state index in [4.69, 9.17) is 11.6 Å². The van der Waals surface area contributed by atoms with Crippen molar-refractivity contribution >= 4 is 32.8 Å². The van der Waals surface area contributed by atoms with Gasteiger partial charge >= 0.3 is 0 Å². The van der Waals surface area contributed by atoms with E-state index in [-0.39, 0.29) is 27.5 Å². The van der Waals surface area contributed by atoms with Crippen LogP contribution in [0, 0.1) is 17.5 Å². The minimum atomic E-state index is -4.40. The molecule has 2 aromatic heterocycles. The van der Waals surface area contributed by atoms with Crippen LogP contribution in [0.4, 0.5) is 13.2 Å². The second-order valence-electron chi connectivity index (χ2n) is 8.78. The van der Waals surface area contributed by atoms with Crippen LogP contribution in [0.3, 0.4) is 0 Å². The average Bonchev–Trinajstić information content (AvgIpc) is 3.20. The summed E-state index contributed by atoms with van der Waals surface area (Å²) in [6.45, 7) is 5.86. The number of aromatic nitrogens is 3. The lowest BCUT2D eigenvalue weighted by Crippen LogP contribution is -2.10. The van der Waals surface area contributed by atoms with Gasteiger partial charge in [-0.2, -0.15) is 0 Å². The first kappa shape index (κ1) is 25.3. The first-order valence-corrected chi connectivity index (χ1v) is 13.2. The number of thiazole rings is 1. The van der Waals surface area contributed by atoms with Crippen LogP contribution >= 0.6 is 22.9 Å². The maximum atomic E-state index is 15.1. The van der Waals surface area contributed by atoms with Gasteiger partial charge in [0.15, 0.2) is 9.84 Å². The van der Waals surface area contributed by atoms with Crippen LogP contribution in [-0.4, -0.2) is 23.4 Å². The van der Waals surface area contributed by atoms with Crippen molar-refractivity contribution in [1.29, 1.82) is 0 Å². The topological polar surface area (TPSA) is 72.8 Å². The smallest absolute Gasteiger partial charge is 0.222 e. The molecule has 5 nitrogen and oxygen atoms in total. The predicted octanol–water partition coefficient (Wildman–Crippen LogP) is 6.61. The summed E-state index contributed by atoms with van der Waals surface area (Å²) in [5, 5.41) is 0.703. The molecule has 0 aliphatic carbocycles. The van der Waals surface area contributed by atoms with Gasteiger partial charge in [-0.15, -0.1) is 11.3 Å². The number of rotatable bonds is 5. The molecule has 4 rings (SSSR count). The molecule has 0 spiro atoms. The van der Waals surface area contributed by atoms with Crippen molar-refractivity contribution in [3.63, 3.8) is 0 Å². The van der Waals surface area contributed by atoms with Gasteiger partial charge in [0.05, 0.1) is 27.0 Å². The highest BCUT2D eigenvalue weighted by Crippen LogP contribution is 2.41. The van der Waals surface area contributed by atoms with E-state index < -0.39 is 37.9 Å². The highest BCUT2D eigenvalue weighted by Gasteiger charge is 2.27. The predicted molar refractivity (Wildman–Crippen MR) is 129 cm³/mol. The molecule has 11 heteroatoms. The average molecular weight is 538 g/mol. The first-order valence-electron chi connectivity index (χ1n) is 10.3. The molecular weight excluding hydrogens is 519 g/mol. The maximum absolute atomic E-state index is 15.1. The van der Waals surface area contributed by atoms with Gasteiger partial charge in [-0.25, -0.2) is 36.5 Å². The molecule has 2 aromatic carbocycles. The lowest BCUT2D eigenvalue weighted by molar-refractivity contribution is 0.519. The summed E-state index contributed by atoms with van der Waals surface area (Å²) in [5.41, 5.74) is 0.487. The Kier molecular flexibility index (Phi) is 6.74. The fourth-order valence-corrected chi connectivity index (χ4v) is 6.12. The van der Waals surface area contributed by atoms with E-state index in [1.165, 1.54) is 29.7 Å². The third kappa shape index (κ3) is 5.24. The van der Waals surface area contributed by atoms with E-state index in [9.17, 15) is 17.2 Å². The van der Waals surface area contributed by atoms with Gasteiger partial charge in [-0.1, -0.05) is 32.9 Å². The molecule has 0 amide bonds. The quantitative estimate of drug-likeness (QED) is 0.268. The highest BCUT2D eigenvalue weighted by atomic mass is 35.5. The number of hydrogen-bond acceptors (Lipinski definition) is 6. The van der Waals surface area contributed by atoms with Gasteiger partial charge in [0.25, 0.3) is 0 Å². The number of hydrogen-bond donors (Lipinski definition) is 0. The van der Waals surface area contributed by atoms with Crippen LogP contribution in [0.1, 0.15) is 31.3 Å². The summed E-state index contributed by atoms with van der Waals surface area (Å²) in [7, 11) is -4.40. The zero-order valence-electron chi connectivity index (χ0n) is 18.8. The third-order valence-electron chi connectivity index (χ3n) is 5.00. The van der Waals surface area contributed by atoms with Crippen LogP contribution in [-0.2, 0) is 21.0 Å². The third-order valence-corrected chi connectivity index (χ3v) is 8.41. The molecule has 0 N–H and O–H groups in total. The lowest BCUT2D eigenvalue weighted by Gasteiger charge is -2.13. The molecule has 0 aliphatic rings. The highest BCUT2D eigenvalue weighted by molar-refractivity contribution is 7.90. The Morgan fingerprint density at radius 3 is 2.29 bits per heavy atom. The summed E-state index contributed by atoms with van der Waals surface area (Å²) in [5.74, 6) is -3.76. The van der Waals surface area contributed by atoms with E-state index in [1.54, 1.807) is 6.07 Å². The zero-order chi connectivity index (χ0) is 25.5. The van der Waals surface area contributed by atoms with Crippen LogP contribution in [0.5, 0.6) is 0 Å². The van der Waals surface area contributed by atoms with Crippen LogP contribution in [0.2, 0.25) is 5.28 Å². The van der Waals surface area contributed by atoms with Crippen molar-refractivity contribution in [3.05, 3.63) is 82.0 Å². The van der Waals surface area contributed by atoms with Crippen molar-refractivity contribution in [2.45, 2.75) is 36.8 Å². The summed E-state index contributed by atoms with van der Waals surface area (Å²) < 4.78 is 69.0. The minimum absolute atomic E-state index is 0.00592. The molecule has 35 heavy (non-hydrogen) atoms. The Bertz CT molecular complexity index is 1510. The van der Waals surface area contributed by atoms with Crippen LogP contribution in [0.25, 0.3) is 21.8 Å². The molecule has 0 saturated carbocycles. The number of sulfone groups is 1. The second-order valence-corrected chi connectivity index (χ2v) is 12.0. The van der Waals surface area contributed by atoms with Crippen LogP contribution < -0.4 is 0 Å². The number of nitrogens with zero attached hydrogens (tertiary/aromatic N) is 3. The molecule has 4 aromatic rings. The van der Waals surface area contributed by atoms with Gasteiger partial charge in [-0.05, 0) is 47.5 Å². The Labute approximate surface area is 209 Å². The van der Waals surface area contributed by atoms with Gasteiger partial charge in [-0.3, -0.25) is 0 Å². The fourth-order valence-electron chi connectivity index (χ4n) is 3.37. The number of halogens is 4. The fraction of sp³-hybridized carbons (Fsp3) is 0.208. The standard InChI is InChI=1S/C24H19ClF3N3O2S2/c1-24(2,3)22-31-19(20(34-22)18-9-10-29-23(25)30-18)14-11-13(7-8-15(14)26)12-35(32,33)21-16(27)5-4-6-17(21)28/h4-11H,12H2,1-3H3. The molecule has 0 aliphatic heterocycles. The van der Waals surface area contributed by atoms with E-state index in [1.807, 2.05) is 20.8 Å². The molecule has 0 fully saturated rings. The summed E-state index contributed by atoms with van der Waals surface area (Å²) in [6, 6.07) is 8.11. The lowest BCUT2D eigenvalue weighted by atomic mass is 9.98. The minimum Gasteiger partial charge on any atom is -0.240 e. The molecule has 0 radical (unpaired) electrons. The molecule has 2 heterocycles. The van der Waals surface area contributed by atoms with E-state index in [2.05, 4.69) is 15.0 Å². The van der Waals surface area contributed by atoms with E-state index >= 15 is 4.39 Å². The Hall–Kier alpha value is -2.82. The molecule has 0 atom stereocenters. The van der Waals surface area contributed by atoms with Gasteiger partial charge in [0, 0.05) is 17.2 Å².